The lowest BCUT2D eigenvalue weighted by Crippen LogP contribution is -2.19. The van der Waals surface area contributed by atoms with E-state index < -0.39 is 0 Å². The van der Waals surface area contributed by atoms with Crippen molar-refractivity contribution in [2.24, 2.45) is 5.10 Å². The zero-order valence-electron chi connectivity index (χ0n) is 13.2. The number of benzene rings is 2. The number of hydrazone groups is 1. The average molecular weight is 312 g/mol. The van der Waals surface area contributed by atoms with E-state index >= 15 is 0 Å². The van der Waals surface area contributed by atoms with E-state index in [-0.39, 0.29) is 11.7 Å². The average Bonchev–Trinajstić information content (AvgIpc) is 2.57. The highest BCUT2D eigenvalue weighted by Crippen LogP contribution is 2.13. The molecule has 0 aromatic heterocycles. The molecule has 2 aromatic rings. The molecule has 0 fully saturated rings. The molecule has 0 aliphatic heterocycles. The number of nitrogens with zero attached hydrogens (tertiary/aromatic N) is 1. The van der Waals surface area contributed by atoms with Crippen molar-refractivity contribution in [3.63, 3.8) is 0 Å². The van der Waals surface area contributed by atoms with Crippen LogP contribution in [0.25, 0.3) is 0 Å². The molecule has 0 radical (unpaired) electrons. The summed E-state index contributed by atoms with van der Waals surface area (Å²) in [4.78, 5) is 12.1. The van der Waals surface area contributed by atoms with Gasteiger partial charge >= 0.3 is 0 Å². The molecule has 0 bridgehead atoms. The molecule has 0 unspecified atom stereocenters. The third-order valence-electron chi connectivity index (χ3n) is 3.26. The third-order valence-corrected chi connectivity index (χ3v) is 3.26. The molecule has 2 N–H and O–H groups in total. The van der Waals surface area contributed by atoms with Crippen LogP contribution in [0.5, 0.6) is 11.5 Å². The van der Waals surface area contributed by atoms with Crippen LogP contribution in [-0.4, -0.2) is 23.3 Å². The number of aromatic hydroxyl groups is 1. The lowest BCUT2D eigenvalue weighted by Gasteiger charge is -2.06. The second kappa shape index (κ2) is 7.98. The Hall–Kier alpha value is -2.82. The molecule has 0 spiro atoms. The summed E-state index contributed by atoms with van der Waals surface area (Å²) in [6, 6.07) is 13.6. The second-order valence-corrected chi connectivity index (χ2v) is 4.86. The van der Waals surface area contributed by atoms with Crippen molar-refractivity contribution in [2.45, 2.75) is 20.3 Å². The van der Waals surface area contributed by atoms with Gasteiger partial charge in [-0.3, -0.25) is 4.79 Å². The minimum atomic E-state index is -0.280. The molecule has 0 aliphatic rings. The van der Waals surface area contributed by atoms with Crippen molar-refractivity contribution in [1.29, 1.82) is 0 Å². The highest BCUT2D eigenvalue weighted by atomic mass is 16.5. The number of phenolic OH excluding ortho intramolecular Hbond substituents is 1. The Morgan fingerprint density at radius 2 is 1.65 bits per heavy atom. The fourth-order valence-corrected chi connectivity index (χ4v) is 2.05. The highest BCUT2D eigenvalue weighted by molar-refractivity contribution is 6.02. The van der Waals surface area contributed by atoms with Crippen molar-refractivity contribution >= 4 is 11.6 Å². The SMILES string of the molecule is CCOc1ccc(C(=O)N/N=C(/CC)c2ccc(O)cc2)cc1. The first-order valence-electron chi connectivity index (χ1n) is 7.53. The summed E-state index contributed by atoms with van der Waals surface area (Å²) in [6.07, 6.45) is 0.661. The molecule has 2 aromatic carbocycles. The molecule has 0 saturated carbocycles. The minimum Gasteiger partial charge on any atom is -0.508 e. The summed E-state index contributed by atoms with van der Waals surface area (Å²) < 4.78 is 5.34. The number of nitrogens with one attached hydrogen (secondary N) is 1. The summed E-state index contributed by atoms with van der Waals surface area (Å²) in [5, 5.41) is 13.5. The number of rotatable bonds is 6. The Labute approximate surface area is 135 Å². The predicted molar refractivity (Wildman–Crippen MR) is 90.0 cm³/mol. The zero-order chi connectivity index (χ0) is 16.7. The Kier molecular flexibility index (Phi) is 5.74. The molecular formula is C18H20N2O3. The molecule has 2 rings (SSSR count). The van der Waals surface area contributed by atoms with Gasteiger partial charge in [0.15, 0.2) is 0 Å². The van der Waals surface area contributed by atoms with Gasteiger partial charge in [-0.2, -0.15) is 5.10 Å². The Morgan fingerprint density at radius 1 is 1.04 bits per heavy atom. The second-order valence-electron chi connectivity index (χ2n) is 4.86. The van der Waals surface area contributed by atoms with Gasteiger partial charge in [0.25, 0.3) is 5.91 Å². The Balaban J connectivity index is 2.07. The quantitative estimate of drug-likeness (QED) is 0.635. The first-order chi connectivity index (χ1) is 11.1. The molecule has 120 valence electrons. The molecule has 23 heavy (non-hydrogen) atoms. The van der Waals surface area contributed by atoms with Crippen LogP contribution in [0.3, 0.4) is 0 Å². The number of amides is 1. The lowest BCUT2D eigenvalue weighted by molar-refractivity contribution is 0.0954. The van der Waals surface area contributed by atoms with Crippen LogP contribution in [0, 0.1) is 0 Å². The van der Waals surface area contributed by atoms with Gasteiger partial charge in [0, 0.05) is 5.56 Å². The molecule has 5 heteroatoms. The summed E-state index contributed by atoms with van der Waals surface area (Å²) in [6.45, 7) is 4.45. The van der Waals surface area contributed by atoms with E-state index in [1.807, 2.05) is 13.8 Å². The largest absolute Gasteiger partial charge is 0.508 e. The standard InChI is InChI=1S/C18H20N2O3/c1-3-17(13-5-9-15(21)10-6-13)19-20-18(22)14-7-11-16(12-8-14)23-4-2/h5-12,21H,3-4H2,1-2H3,(H,20,22)/b19-17-. The normalized spacial score (nSPS) is 11.1. The van der Waals surface area contributed by atoms with Gasteiger partial charge in [0.1, 0.15) is 11.5 Å². The molecular weight excluding hydrogens is 292 g/mol. The van der Waals surface area contributed by atoms with E-state index in [0.29, 0.717) is 18.6 Å². The number of phenols is 1. The predicted octanol–water partition coefficient (Wildman–Crippen LogP) is 3.34. The Morgan fingerprint density at radius 3 is 2.22 bits per heavy atom. The van der Waals surface area contributed by atoms with Crippen LogP contribution in [0.2, 0.25) is 0 Å². The van der Waals surface area contributed by atoms with E-state index in [0.717, 1.165) is 17.0 Å². The summed E-state index contributed by atoms with van der Waals surface area (Å²) in [5.74, 6) is 0.645. The van der Waals surface area contributed by atoms with Gasteiger partial charge in [0.05, 0.1) is 12.3 Å². The van der Waals surface area contributed by atoms with Crippen LogP contribution in [0.15, 0.2) is 53.6 Å². The van der Waals surface area contributed by atoms with Crippen LogP contribution in [0.4, 0.5) is 0 Å². The van der Waals surface area contributed by atoms with Gasteiger partial charge in [-0.1, -0.05) is 6.92 Å². The first-order valence-corrected chi connectivity index (χ1v) is 7.53. The van der Waals surface area contributed by atoms with Crippen LogP contribution < -0.4 is 10.2 Å². The van der Waals surface area contributed by atoms with Crippen molar-refractivity contribution in [3.8, 4) is 11.5 Å². The van der Waals surface area contributed by atoms with Gasteiger partial charge in [-0.05, 0) is 67.4 Å². The van der Waals surface area contributed by atoms with E-state index in [1.165, 1.54) is 0 Å². The maximum absolute atomic E-state index is 12.1. The van der Waals surface area contributed by atoms with Gasteiger partial charge in [-0.15, -0.1) is 0 Å². The van der Waals surface area contributed by atoms with Crippen molar-refractivity contribution in [3.05, 3.63) is 59.7 Å². The first kappa shape index (κ1) is 16.5. The van der Waals surface area contributed by atoms with Gasteiger partial charge < -0.3 is 9.84 Å². The molecule has 0 saturated heterocycles. The van der Waals surface area contributed by atoms with Crippen molar-refractivity contribution in [2.75, 3.05) is 6.61 Å². The van der Waals surface area contributed by atoms with E-state index in [2.05, 4.69) is 10.5 Å². The topological polar surface area (TPSA) is 70.9 Å². The fraction of sp³-hybridized carbons (Fsp3) is 0.222. The van der Waals surface area contributed by atoms with Crippen LogP contribution >= 0.6 is 0 Å². The number of ether oxygens (including phenoxy) is 1. The van der Waals surface area contributed by atoms with Gasteiger partial charge in [0.2, 0.25) is 0 Å². The van der Waals surface area contributed by atoms with Crippen molar-refractivity contribution < 1.29 is 14.6 Å². The molecule has 5 nitrogen and oxygen atoms in total. The highest BCUT2D eigenvalue weighted by Gasteiger charge is 2.06. The number of hydrogen-bond donors (Lipinski definition) is 2. The van der Waals surface area contributed by atoms with E-state index in [1.54, 1.807) is 48.5 Å². The number of carbonyl (C=O) groups excluding carboxylic acids is 1. The van der Waals surface area contributed by atoms with Crippen LogP contribution in [-0.2, 0) is 0 Å². The summed E-state index contributed by atoms with van der Waals surface area (Å²) in [5.41, 5.74) is 4.67. The van der Waals surface area contributed by atoms with E-state index in [9.17, 15) is 9.90 Å². The smallest absolute Gasteiger partial charge is 0.271 e. The monoisotopic (exact) mass is 312 g/mol. The van der Waals surface area contributed by atoms with Crippen LogP contribution in [0.1, 0.15) is 36.2 Å². The van der Waals surface area contributed by atoms with Crippen molar-refractivity contribution in [1.82, 2.24) is 5.43 Å². The molecule has 0 heterocycles. The lowest BCUT2D eigenvalue weighted by atomic mass is 10.1. The number of carbonyl (C=O) groups is 1. The molecule has 0 atom stereocenters. The zero-order valence-corrected chi connectivity index (χ0v) is 13.2. The summed E-state index contributed by atoms with van der Waals surface area (Å²) >= 11 is 0. The fourth-order valence-electron chi connectivity index (χ4n) is 2.05. The number of hydrogen-bond acceptors (Lipinski definition) is 4. The molecule has 1 amide bonds. The van der Waals surface area contributed by atoms with E-state index in [4.69, 9.17) is 4.74 Å². The minimum absolute atomic E-state index is 0.197. The maximum Gasteiger partial charge on any atom is 0.271 e. The van der Waals surface area contributed by atoms with Gasteiger partial charge in [-0.25, -0.2) is 5.43 Å². The third kappa shape index (κ3) is 4.57. The summed E-state index contributed by atoms with van der Waals surface area (Å²) in [7, 11) is 0. The molecule has 0 aliphatic carbocycles. The maximum atomic E-state index is 12.1. The Bertz CT molecular complexity index is 676.